The Morgan fingerprint density at radius 2 is 0.889 bits per heavy atom. The van der Waals surface area contributed by atoms with Crippen LogP contribution in [0.3, 0.4) is 0 Å². The van der Waals surface area contributed by atoms with Gasteiger partial charge in [0.1, 0.15) is 0 Å². The van der Waals surface area contributed by atoms with Gasteiger partial charge in [-0.3, -0.25) is 0 Å². The lowest BCUT2D eigenvalue weighted by atomic mass is 9.67. The van der Waals surface area contributed by atoms with Crippen molar-refractivity contribution in [1.29, 1.82) is 0 Å². The SMILES string of the molecule is CC1(C)c2ccccc2C(=C2c3cc4ccccc4cc32)c2ccccc21. The van der Waals surface area contributed by atoms with Crippen LogP contribution >= 0.6 is 0 Å². The van der Waals surface area contributed by atoms with Gasteiger partial charge in [-0.05, 0) is 67.4 Å². The molecule has 0 bridgehead atoms. The van der Waals surface area contributed by atoms with E-state index in [0.717, 1.165) is 0 Å². The summed E-state index contributed by atoms with van der Waals surface area (Å²) in [6.45, 7) is 4.70. The molecule has 4 aromatic carbocycles. The molecular weight excluding hydrogens is 324 g/mol. The maximum absolute atomic E-state index is 2.36. The normalized spacial score (nSPS) is 15.9. The molecule has 0 aliphatic heterocycles. The quantitative estimate of drug-likeness (QED) is 0.290. The number of hydrogen-bond acceptors (Lipinski definition) is 0. The van der Waals surface area contributed by atoms with Gasteiger partial charge in [-0.1, -0.05) is 86.6 Å². The second-order valence-corrected chi connectivity index (χ2v) is 8.21. The lowest BCUT2D eigenvalue weighted by Crippen LogP contribution is -2.26. The Hall–Kier alpha value is -3.12. The van der Waals surface area contributed by atoms with Gasteiger partial charge in [-0.15, -0.1) is 0 Å². The highest BCUT2D eigenvalue weighted by Crippen LogP contribution is 2.55. The Morgan fingerprint density at radius 1 is 0.481 bits per heavy atom. The van der Waals surface area contributed by atoms with E-state index in [1.54, 1.807) is 0 Å². The Kier molecular flexibility index (Phi) is 2.77. The number of hydrogen-bond donors (Lipinski definition) is 0. The monoisotopic (exact) mass is 344 g/mol. The summed E-state index contributed by atoms with van der Waals surface area (Å²) < 4.78 is 0. The van der Waals surface area contributed by atoms with E-state index in [4.69, 9.17) is 0 Å². The zero-order valence-electron chi connectivity index (χ0n) is 15.6. The molecule has 128 valence electrons. The minimum absolute atomic E-state index is 0.0169. The molecule has 0 radical (unpaired) electrons. The molecule has 0 nitrogen and oxygen atoms in total. The lowest BCUT2D eigenvalue weighted by Gasteiger charge is -2.36. The van der Waals surface area contributed by atoms with Crippen LogP contribution < -0.4 is 0 Å². The van der Waals surface area contributed by atoms with Crippen LogP contribution in [-0.4, -0.2) is 0 Å². The van der Waals surface area contributed by atoms with Gasteiger partial charge in [-0.25, -0.2) is 0 Å². The second kappa shape index (κ2) is 4.98. The Balaban J connectivity index is 1.71. The van der Waals surface area contributed by atoms with Crippen molar-refractivity contribution in [1.82, 2.24) is 0 Å². The predicted octanol–water partition coefficient (Wildman–Crippen LogP) is 6.80. The van der Waals surface area contributed by atoms with Crippen LogP contribution in [0.5, 0.6) is 0 Å². The smallest absolute Gasteiger partial charge is 0.0158 e. The summed E-state index contributed by atoms with van der Waals surface area (Å²) in [5.74, 6) is 0. The molecule has 6 rings (SSSR count). The van der Waals surface area contributed by atoms with Gasteiger partial charge in [0, 0.05) is 5.41 Å². The van der Waals surface area contributed by atoms with Gasteiger partial charge >= 0.3 is 0 Å². The zero-order valence-corrected chi connectivity index (χ0v) is 15.6. The fourth-order valence-corrected chi connectivity index (χ4v) is 4.92. The van der Waals surface area contributed by atoms with Crippen molar-refractivity contribution in [3.8, 4) is 0 Å². The maximum Gasteiger partial charge on any atom is 0.0158 e. The lowest BCUT2D eigenvalue weighted by molar-refractivity contribution is 0.630. The average molecular weight is 344 g/mol. The van der Waals surface area contributed by atoms with Crippen molar-refractivity contribution in [3.05, 3.63) is 118 Å². The molecule has 0 fully saturated rings. The van der Waals surface area contributed by atoms with Crippen LogP contribution in [0, 0.1) is 0 Å². The Morgan fingerprint density at radius 3 is 1.41 bits per heavy atom. The van der Waals surface area contributed by atoms with Gasteiger partial charge < -0.3 is 0 Å². The van der Waals surface area contributed by atoms with Crippen molar-refractivity contribution in [2.45, 2.75) is 19.3 Å². The molecule has 0 heteroatoms. The van der Waals surface area contributed by atoms with Crippen LogP contribution in [0.25, 0.3) is 21.9 Å². The van der Waals surface area contributed by atoms with Gasteiger partial charge in [0.15, 0.2) is 0 Å². The summed E-state index contributed by atoms with van der Waals surface area (Å²) in [4.78, 5) is 0. The van der Waals surface area contributed by atoms with Gasteiger partial charge in [0.2, 0.25) is 0 Å². The molecule has 0 N–H and O–H groups in total. The zero-order chi connectivity index (χ0) is 18.2. The van der Waals surface area contributed by atoms with E-state index in [0.29, 0.717) is 0 Å². The van der Waals surface area contributed by atoms with Crippen molar-refractivity contribution in [2.24, 2.45) is 0 Å². The van der Waals surface area contributed by atoms with Gasteiger partial charge in [-0.2, -0.15) is 0 Å². The van der Waals surface area contributed by atoms with Crippen LogP contribution in [0.2, 0.25) is 0 Å². The number of fused-ring (bicyclic) bond motifs is 4. The largest absolute Gasteiger partial charge is 0.0619 e. The van der Waals surface area contributed by atoms with Gasteiger partial charge in [0.25, 0.3) is 0 Å². The first-order valence-corrected chi connectivity index (χ1v) is 9.64. The fourth-order valence-electron chi connectivity index (χ4n) is 4.92. The maximum atomic E-state index is 2.36. The minimum atomic E-state index is 0.0169. The standard InChI is InChI=1S/C27H20/c1-27(2)23-13-7-5-11-19(23)25(20-12-6-8-14-24(20)27)26-21-15-17-9-3-4-10-18(17)16-22(21)26/h3-16H,1-2H3. The molecule has 0 spiro atoms. The second-order valence-electron chi connectivity index (χ2n) is 8.21. The molecule has 4 aromatic rings. The first-order chi connectivity index (χ1) is 13.2. The van der Waals surface area contributed by atoms with E-state index >= 15 is 0 Å². The van der Waals surface area contributed by atoms with E-state index in [-0.39, 0.29) is 5.41 Å². The molecule has 0 unspecified atom stereocenters. The van der Waals surface area contributed by atoms with Crippen molar-refractivity contribution in [2.75, 3.05) is 0 Å². The van der Waals surface area contributed by atoms with E-state index in [1.807, 2.05) is 0 Å². The third-order valence-electron chi connectivity index (χ3n) is 6.35. The molecule has 0 atom stereocenters. The summed E-state index contributed by atoms with van der Waals surface area (Å²) in [6.07, 6.45) is 0. The van der Waals surface area contributed by atoms with Gasteiger partial charge in [0.05, 0.1) is 0 Å². The Labute approximate surface area is 159 Å². The van der Waals surface area contributed by atoms with E-state index < -0.39 is 0 Å². The third kappa shape index (κ3) is 1.93. The molecule has 2 aliphatic carbocycles. The topological polar surface area (TPSA) is 0 Å². The van der Waals surface area contributed by atoms with Crippen LogP contribution in [0.4, 0.5) is 0 Å². The van der Waals surface area contributed by atoms with E-state index in [2.05, 4.69) is 98.8 Å². The molecule has 2 aliphatic rings. The molecule has 0 heterocycles. The molecule has 0 saturated heterocycles. The summed E-state index contributed by atoms with van der Waals surface area (Å²) >= 11 is 0. The molecule has 0 saturated carbocycles. The van der Waals surface area contributed by atoms with Crippen molar-refractivity contribution in [3.63, 3.8) is 0 Å². The molecule has 0 amide bonds. The summed E-state index contributed by atoms with van der Waals surface area (Å²) in [7, 11) is 0. The first kappa shape index (κ1) is 15.0. The highest BCUT2D eigenvalue weighted by Gasteiger charge is 2.39. The van der Waals surface area contributed by atoms with Crippen molar-refractivity contribution >= 4 is 21.9 Å². The van der Waals surface area contributed by atoms with E-state index in [9.17, 15) is 0 Å². The molecular formula is C27H20. The van der Waals surface area contributed by atoms with Crippen LogP contribution in [0.15, 0.2) is 84.9 Å². The number of benzene rings is 4. The highest BCUT2D eigenvalue weighted by atomic mass is 14.4. The molecule has 27 heavy (non-hydrogen) atoms. The van der Waals surface area contributed by atoms with E-state index in [1.165, 1.54) is 55.3 Å². The first-order valence-electron chi connectivity index (χ1n) is 9.64. The predicted molar refractivity (Wildman–Crippen MR) is 114 cm³/mol. The van der Waals surface area contributed by atoms with Crippen molar-refractivity contribution < 1.29 is 0 Å². The average Bonchev–Trinajstić information content (AvgIpc) is 3.39. The fraction of sp³-hybridized carbons (Fsp3) is 0.111. The summed E-state index contributed by atoms with van der Waals surface area (Å²) in [6, 6.07) is 31.3. The Bertz CT molecular complexity index is 1190. The summed E-state index contributed by atoms with van der Waals surface area (Å²) in [5, 5.41) is 2.65. The van der Waals surface area contributed by atoms with Crippen LogP contribution in [-0.2, 0) is 5.41 Å². The molecule has 0 aromatic heterocycles. The number of rotatable bonds is 0. The summed E-state index contributed by atoms with van der Waals surface area (Å²) in [5.41, 5.74) is 11.3. The highest BCUT2D eigenvalue weighted by molar-refractivity contribution is 6.19. The minimum Gasteiger partial charge on any atom is -0.0619 e. The third-order valence-corrected chi connectivity index (χ3v) is 6.35. The van der Waals surface area contributed by atoms with Crippen LogP contribution in [0.1, 0.15) is 47.2 Å².